The summed E-state index contributed by atoms with van der Waals surface area (Å²) in [6.07, 6.45) is 1.58. The number of aliphatic hydroxyl groups is 1. The van der Waals surface area contributed by atoms with Gasteiger partial charge in [0.1, 0.15) is 12.2 Å². The smallest absolute Gasteiger partial charge is 0.253 e. The Hall–Kier alpha value is -1.85. The molecular weight excluding hydrogens is 409 g/mol. The van der Waals surface area contributed by atoms with E-state index in [1.165, 1.54) is 0 Å². The molecular formula is C23H25Cl2NO3. The first-order chi connectivity index (χ1) is 14.0. The Morgan fingerprint density at radius 1 is 1.17 bits per heavy atom. The van der Waals surface area contributed by atoms with Gasteiger partial charge in [0.2, 0.25) is 0 Å². The standard InChI is InChI=1S/C23H25Cl2NO3/c1-3-6-20-23(28)26(19(4-2)14-27)21(15-9-11-17(24)12-10-15)22(29-20)16-7-5-8-18(25)13-16/h3,5,7-13,19-22,27H,1,4,6,14H2,2H3. The quantitative estimate of drug-likeness (QED) is 0.598. The van der Waals surface area contributed by atoms with Crippen LogP contribution in [-0.2, 0) is 9.53 Å². The molecule has 0 radical (unpaired) electrons. The van der Waals surface area contributed by atoms with Crippen LogP contribution in [-0.4, -0.2) is 34.7 Å². The van der Waals surface area contributed by atoms with Gasteiger partial charge < -0.3 is 14.7 Å². The summed E-state index contributed by atoms with van der Waals surface area (Å²) in [4.78, 5) is 15.1. The Morgan fingerprint density at radius 2 is 1.90 bits per heavy atom. The molecule has 0 aromatic heterocycles. The normalized spacial score (nSPS) is 23.1. The average molecular weight is 434 g/mol. The molecule has 29 heavy (non-hydrogen) atoms. The molecule has 1 amide bonds. The van der Waals surface area contributed by atoms with Gasteiger partial charge >= 0.3 is 0 Å². The molecule has 1 fully saturated rings. The van der Waals surface area contributed by atoms with E-state index in [-0.39, 0.29) is 18.6 Å². The Morgan fingerprint density at radius 3 is 2.48 bits per heavy atom. The summed E-state index contributed by atoms with van der Waals surface area (Å²) < 4.78 is 6.31. The van der Waals surface area contributed by atoms with Crippen molar-refractivity contribution >= 4 is 29.1 Å². The van der Waals surface area contributed by atoms with E-state index in [1.807, 2.05) is 37.3 Å². The third kappa shape index (κ3) is 4.67. The lowest BCUT2D eigenvalue weighted by Crippen LogP contribution is -2.55. The van der Waals surface area contributed by atoms with Gasteiger partial charge in [-0.15, -0.1) is 6.58 Å². The summed E-state index contributed by atoms with van der Waals surface area (Å²) in [5, 5.41) is 11.2. The van der Waals surface area contributed by atoms with Gasteiger partial charge in [0, 0.05) is 16.5 Å². The minimum Gasteiger partial charge on any atom is -0.394 e. The molecule has 1 N–H and O–H groups in total. The Kier molecular flexibility index (Phi) is 7.36. The lowest BCUT2D eigenvalue weighted by Gasteiger charge is -2.47. The van der Waals surface area contributed by atoms with E-state index in [4.69, 9.17) is 27.9 Å². The molecule has 0 saturated carbocycles. The predicted octanol–water partition coefficient (Wildman–Crippen LogP) is 5.35. The summed E-state index contributed by atoms with van der Waals surface area (Å²) in [6.45, 7) is 5.59. The molecule has 4 nitrogen and oxygen atoms in total. The lowest BCUT2D eigenvalue weighted by molar-refractivity contribution is -0.180. The molecule has 2 aromatic rings. The molecule has 154 valence electrons. The Balaban J connectivity index is 2.16. The molecule has 4 atom stereocenters. The molecule has 1 heterocycles. The van der Waals surface area contributed by atoms with Crippen LogP contribution in [0.5, 0.6) is 0 Å². The predicted molar refractivity (Wildman–Crippen MR) is 116 cm³/mol. The first-order valence-electron chi connectivity index (χ1n) is 9.70. The first kappa shape index (κ1) is 21.8. The molecule has 2 aromatic carbocycles. The van der Waals surface area contributed by atoms with E-state index >= 15 is 0 Å². The number of benzene rings is 2. The number of carbonyl (C=O) groups excluding carboxylic acids is 1. The fourth-order valence-corrected chi connectivity index (χ4v) is 4.15. The number of carbonyl (C=O) groups is 1. The third-order valence-corrected chi connectivity index (χ3v) is 5.76. The van der Waals surface area contributed by atoms with Crippen molar-refractivity contribution in [2.75, 3.05) is 6.61 Å². The zero-order valence-corrected chi connectivity index (χ0v) is 17.8. The van der Waals surface area contributed by atoms with Crippen LogP contribution in [0.1, 0.15) is 43.0 Å². The van der Waals surface area contributed by atoms with Crippen LogP contribution >= 0.6 is 23.2 Å². The Bertz CT molecular complexity index is 851. The van der Waals surface area contributed by atoms with Crippen molar-refractivity contribution in [1.29, 1.82) is 0 Å². The zero-order chi connectivity index (χ0) is 21.0. The van der Waals surface area contributed by atoms with Crippen molar-refractivity contribution < 1.29 is 14.6 Å². The van der Waals surface area contributed by atoms with Crippen molar-refractivity contribution in [3.63, 3.8) is 0 Å². The van der Waals surface area contributed by atoms with Crippen LogP contribution in [0.2, 0.25) is 10.0 Å². The maximum atomic E-state index is 13.4. The minimum atomic E-state index is -0.666. The van der Waals surface area contributed by atoms with Crippen LogP contribution in [0.4, 0.5) is 0 Å². The molecule has 0 aliphatic carbocycles. The molecule has 4 unspecified atom stereocenters. The van der Waals surface area contributed by atoms with Gasteiger partial charge in [-0.25, -0.2) is 0 Å². The van der Waals surface area contributed by atoms with Gasteiger partial charge in [0.15, 0.2) is 0 Å². The molecule has 0 spiro atoms. The van der Waals surface area contributed by atoms with Gasteiger partial charge in [-0.1, -0.05) is 60.5 Å². The highest BCUT2D eigenvalue weighted by molar-refractivity contribution is 6.30. The van der Waals surface area contributed by atoms with Crippen LogP contribution in [0.15, 0.2) is 61.2 Å². The number of nitrogens with zero attached hydrogens (tertiary/aromatic N) is 1. The monoisotopic (exact) mass is 433 g/mol. The number of hydrogen-bond acceptors (Lipinski definition) is 3. The van der Waals surface area contributed by atoms with Gasteiger partial charge in [-0.2, -0.15) is 0 Å². The van der Waals surface area contributed by atoms with Crippen molar-refractivity contribution in [3.8, 4) is 0 Å². The van der Waals surface area contributed by atoms with E-state index in [0.29, 0.717) is 22.9 Å². The molecule has 0 bridgehead atoms. The zero-order valence-electron chi connectivity index (χ0n) is 16.3. The van der Waals surface area contributed by atoms with Crippen molar-refractivity contribution in [2.24, 2.45) is 0 Å². The maximum absolute atomic E-state index is 13.4. The van der Waals surface area contributed by atoms with Gasteiger partial charge in [-0.05, 0) is 41.8 Å². The van der Waals surface area contributed by atoms with Crippen LogP contribution in [0.25, 0.3) is 0 Å². The molecule has 1 aliphatic heterocycles. The number of ether oxygens (including phenoxy) is 1. The van der Waals surface area contributed by atoms with Gasteiger partial charge in [0.25, 0.3) is 5.91 Å². The van der Waals surface area contributed by atoms with Gasteiger partial charge in [-0.3, -0.25) is 4.79 Å². The number of morpholine rings is 1. The Labute approximate surface area is 181 Å². The van der Waals surface area contributed by atoms with E-state index in [2.05, 4.69) is 6.58 Å². The topological polar surface area (TPSA) is 49.8 Å². The largest absolute Gasteiger partial charge is 0.394 e. The second-order valence-electron chi connectivity index (χ2n) is 7.11. The van der Waals surface area contributed by atoms with Crippen molar-refractivity contribution in [1.82, 2.24) is 4.90 Å². The summed E-state index contributed by atoms with van der Waals surface area (Å²) in [7, 11) is 0. The van der Waals surface area contributed by atoms with Crippen molar-refractivity contribution in [2.45, 2.75) is 44.1 Å². The first-order valence-corrected chi connectivity index (χ1v) is 10.5. The minimum absolute atomic E-state index is 0.130. The third-order valence-electron chi connectivity index (χ3n) is 5.27. The van der Waals surface area contributed by atoms with E-state index in [0.717, 1.165) is 11.1 Å². The lowest BCUT2D eigenvalue weighted by atomic mass is 9.89. The van der Waals surface area contributed by atoms with E-state index in [1.54, 1.807) is 29.2 Å². The van der Waals surface area contributed by atoms with E-state index < -0.39 is 18.2 Å². The van der Waals surface area contributed by atoms with Gasteiger partial charge in [0.05, 0.1) is 18.7 Å². The fourth-order valence-electron chi connectivity index (χ4n) is 3.83. The highest BCUT2D eigenvalue weighted by Crippen LogP contribution is 2.44. The second-order valence-corrected chi connectivity index (χ2v) is 7.98. The highest BCUT2D eigenvalue weighted by atomic mass is 35.5. The number of halogens is 2. The SMILES string of the molecule is C=CCC1OC(c2cccc(Cl)c2)C(c2ccc(Cl)cc2)N(C(CC)CO)C1=O. The van der Waals surface area contributed by atoms with Crippen LogP contribution in [0, 0.1) is 0 Å². The molecule has 1 saturated heterocycles. The molecule has 3 rings (SSSR count). The summed E-state index contributed by atoms with van der Waals surface area (Å²) in [5.41, 5.74) is 1.76. The maximum Gasteiger partial charge on any atom is 0.253 e. The van der Waals surface area contributed by atoms with Crippen molar-refractivity contribution in [3.05, 3.63) is 82.4 Å². The highest BCUT2D eigenvalue weighted by Gasteiger charge is 2.45. The van der Waals surface area contributed by atoms with Crippen LogP contribution < -0.4 is 0 Å². The summed E-state index contributed by atoms with van der Waals surface area (Å²) in [6, 6.07) is 14.1. The fraction of sp³-hybridized carbons (Fsp3) is 0.348. The summed E-state index contributed by atoms with van der Waals surface area (Å²) >= 11 is 12.3. The number of amides is 1. The molecule has 6 heteroatoms. The number of hydrogen-bond donors (Lipinski definition) is 1. The average Bonchev–Trinajstić information content (AvgIpc) is 2.72. The second kappa shape index (κ2) is 9.77. The number of aliphatic hydroxyl groups excluding tert-OH is 1. The van der Waals surface area contributed by atoms with Crippen LogP contribution in [0.3, 0.4) is 0 Å². The van der Waals surface area contributed by atoms with E-state index in [9.17, 15) is 9.90 Å². The summed E-state index contributed by atoms with van der Waals surface area (Å²) in [5.74, 6) is -0.149. The molecule has 1 aliphatic rings. The number of rotatable bonds is 7.